The van der Waals surface area contributed by atoms with Gasteiger partial charge >= 0.3 is 0 Å². The van der Waals surface area contributed by atoms with Crippen molar-refractivity contribution >= 4 is 27.7 Å². The quantitative estimate of drug-likeness (QED) is 0.375. The van der Waals surface area contributed by atoms with Gasteiger partial charge in [0, 0.05) is 43.7 Å². The Kier molecular flexibility index (Phi) is 7.64. The summed E-state index contributed by atoms with van der Waals surface area (Å²) in [5, 5.41) is 0. The number of pyridine rings is 1. The molecule has 0 radical (unpaired) electrons. The highest BCUT2D eigenvalue weighted by molar-refractivity contribution is 7.85. The zero-order valence-electron chi connectivity index (χ0n) is 17.0. The minimum absolute atomic E-state index is 0.178. The van der Waals surface area contributed by atoms with Crippen molar-refractivity contribution in [2.45, 2.75) is 11.8 Å². The van der Waals surface area contributed by atoms with Gasteiger partial charge in [-0.2, -0.15) is 0 Å². The van der Waals surface area contributed by atoms with E-state index in [0.717, 1.165) is 16.8 Å². The Bertz CT molecular complexity index is 1040. The highest BCUT2D eigenvalue weighted by Crippen LogP contribution is 2.17. The lowest BCUT2D eigenvalue weighted by Gasteiger charge is -2.11. The molecule has 0 aliphatic heterocycles. The van der Waals surface area contributed by atoms with Gasteiger partial charge in [0.1, 0.15) is 17.2 Å². The maximum atomic E-state index is 10.4. The van der Waals surface area contributed by atoms with Crippen molar-refractivity contribution in [3.8, 4) is 0 Å². The number of hydrogen-bond donors (Lipinski definition) is 0. The lowest BCUT2D eigenvalue weighted by molar-refractivity contribution is -0.671. The molecule has 3 aromatic rings. The van der Waals surface area contributed by atoms with Gasteiger partial charge in [-0.3, -0.25) is 4.99 Å². The maximum Gasteiger partial charge on any atom is 0.169 e. The number of aliphatic imine (C=N–C) groups is 1. The van der Waals surface area contributed by atoms with Crippen molar-refractivity contribution in [3.05, 3.63) is 84.2 Å². The normalized spacial score (nSPS) is 11.1. The van der Waals surface area contributed by atoms with Gasteiger partial charge in [-0.15, -0.1) is 0 Å². The van der Waals surface area contributed by atoms with E-state index in [-0.39, 0.29) is 4.90 Å². The first-order valence-electron chi connectivity index (χ1n) is 8.94. The fraction of sp³-hybridized carbons (Fsp3) is 0.182. The summed E-state index contributed by atoms with van der Waals surface area (Å²) in [6, 6.07) is 18.0. The molecular formula is C22H25N3O3S. The predicted octanol–water partition coefficient (Wildman–Crippen LogP) is 3.23. The number of aryl methyl sites for hydroxylation is 2. The largest absolute Gasteiger partial charge is 0.744 e. The molecule has 0 unspecified atom stereocenters. The van der Waals surface area contributed by atoms with Crippen LogP contribution in [0.4, 0.5) is 11.4 Å². The van der Waals surface area contributed by atoms with Crippen LogP contribution in [0.3, 0.4) is 0 Å². The molecule has 0 saturated carbocycles. The smallest absolute Gasteiger partial charge is 0.169 e. The number of anilines is 1. The van der Waals surface area contributed by atoms with Gasteiger partial charge in [0.25, 0.3) is 0 Å². The minimum atomic E-state index is -4.27. The molecule has 0 aliphatic rings. The Balaban J connectivity index is 0.000000234. The van der Waals surface area contributed by atoms with Gasteiger partial charge in [-0.1, -0.05) is 17.7 Å². The summed E-state index contributed by atoms with van der Waals surface area (Å²) in [5.74, 6) is 0. The summed E-state index contributed by atoms with van der Waals surface area (Å²) in [6.45, 7) is 1.82. The van der Waals surface area contributed by atoms with Crippen LogP contribution in [0.25, 0.3) is 0 Å². The highest BCUT2D eigenvalue weighted by atomic mass is 32.2. The van der Waals surface area contributed by atoms with E-state index in [0.29, 0.717) is 0 Å². The van der Waals surface area contributed by atoms with Crippen LogP contribution in [-0.2, 0) is 17.2 Å². The van der Waals surface area contributed by atoms with Crippen LogP contribution in [0, 0.1) is 6.92 Å². The average molecular weight is 412 g/mol. The molecule has 29 heavy (non-hydrogen) atoms. The van der Waals surface area contributed by atoms with E-state index in [1.807, 2.05) is 75.5 Å². The van der Waals surface area contributed by atoms with Gasteiger partial charge in [0.2, 0.25) is 0 Å². The summed E-state index contributed by atoms with van der Waals surface area (Å²) in [4.78, 5) is 6.35. The number of hydrogen-bond acceptors (Lipinski definition) is 5. The van der Waals surface area contributed by atoms with E-state index in [4.69, 9.17) is 0 Å². The molecule has 1 aromatic heterocycles. The van der Waals surface area contributed by atoms with Gasteiger partial charge in [-0.25, -0.2) is 13.0 Å². The Morgan fingerprint density at radius 2 is 1.48 bits per heavy atom. The number of aromatic nitrogens is 1. The summed E-state index contributed by atoms with van der Waals surface area (Å²) in [5.41, 5.74) is 4.18. The topological polar surface area (TPSA) is 76.7 Å². The van der Waals surface area contributed by atoms with E-state index in [2.05, 4.69) is 22.0 Å². The summed E-state index contributed by atoms with van der Waals surface area (Å²) >= 11 is 0. The van der Waals surface area contributed by atoms with Crippen LogP contribution < -0.4 is 9.47 Å². The second kappa shape index (κ2) is 9.95. The SMILES string of the molecule is CN(C)c1ccc(N=Cc2cc[n+](C)cc2)cc1.Cc1ccc(S(=O)(=O)[O-])cc1. The van der Waals surface area contributed by atoms with Gasteiger partial charge in [0.05, 0.1) is 10.6 Å². The fourth-order valence-electron chi connectivity index (χ4n) is 2.29. The van der Waals surface area contributed by atoms with Gasteiger partial charge < -0.3 is 9.45 Å². The third-order valence-corrected chi connectivity index (χ3v) is 4.89. The molecule has 0 spiro atoms. The Morgan fingerprint density at radius 3 is 1.97 bits per heavy atom. The van der Waals surface area contributed by atoms with Gasteiger partial charge in [-0.05, 0) is 43.3 Å². The van der Waals surface area contributed by atoms with Crippen LogP contribution in [0.5, 0.6) is 0 Å². The van der Waals surface area contributed by atoms with Crippen LogP contribution in [0.1, 0.15) is 11.1 Å². The summed E-state index contributed by atoms with van der Waals surface area (Å²) in [6.07, 6.45) is 5.90. The number of rotatable bonds is 4. The van der Waals surface area contributed by atoms with Crippen LogP contribution in [0.2, 0.25) is 0 Å². The lowest BCUT2D eigenvalue weighted by atomic mass is 10.2. The van der Waals surface area contributed by atoms with E-state index in [9.17, 15) is 13.0 Å². The highest BCUT2D eigenvalue weighted by Gasteiger charge is 1.98. The molecule has 7 heteroatoms. The third-order valence-electron chi connectivity index (χ3n) is 4.04. The maximum absolute atomic E-state index is 10.4. The molecule has 0 fully saturated rings. The van der Waals surface area contributed by atoms with Crippen molar-refractivity contribution in [2.24, 2.45) is 12.0 Å². The molecule has 6 nitrogen and oxygen atoms in total. The van der Waals surface area contributed by atoms with Crippen molar-refractivity contribution < 1.29 is 17.5 Å². The van der Waals surface area contributed by atoms with Crippen molar-refractivity contribution in [1.29, 1.82) is 0 Å². The molecule has 0 bridgehead atoms. The molecule has 1 heterocycles. The zero-order valence-corrected chi connectivity index (χ0v) is 17.8. The Morgan fingerprint density at radius 1 is 0.931 bits per heavy atom. The average Bonchev–Trinajstić information content (AvgIpc) is 2.68. The minimum Gasteiger partial charge on any atom is -0.744 e. The predicted molar refractivity (Wildman–Crippen MR) is 115 cm³/mol. The van der Waals surface area contributed by atoms with Crippen molar-refractivity contribution in [1.82, 2.24) is 0 Å². The summed E-state index contributed by atoms with van der Waals surface area (Å²) in [7, 11) is 1.79. The van der Waals surface area contributed by atoms with Crippen molar-refractivity contribution in [2.75, 3.05) is 19.0 Å². The molecular weight excluding hydrogens is 386 g/mol. The molecule has 0 amide bonds. The third kappa shape index (κ3) is 7.48. The Labute approximate surface area is 172 Å². The first-order chi connectivity index (χ1) is 13.6. The second-order valence-corrected chi connectivity index (χ2v) is 8.11. The first kappa shape index (κ1) is 22.3. The number of benzene rings is 2. The molecule has 0 atom stereocenters. The molecule has 0 saturated heterocycles. The van der Waals surface area contributed by atoms with Gasteiger partial charge in [0.15, 0.2) is 12.4 Å². The monoisotopic (exact) mass is 411 g/mol. The van der Waals surface area contributed by atoms with E-state index in [1.54, 1.807) is 12.1 Å². The first-order valence-corrected chi connectivity index (χ1v) is 10.4. The van der Waals surface area contributed by atoms with E-state index < -0.39 is 10.1 Å². The van der Waals surface area contributed by atoms with E-state index >= 15 is 0 Å². The number of nitrogens with zero attached hydrogens (tertiary/aromatic N) is 3. The van der Waals surface area contributed by atoms with Crippen molar-refractivity contribution in [3.63, 3.8) is 0 Å². The van der Waals surface area contributed by atoms with Crippen LogP contribution in [0.15, 0.2) is 82.9 Å². The van der Waals surface area contributed by atoms with Crippen LogP contribution >= 0.6 is 0 Å². The fourth-order valence-corrected chi connectivity index (χ4v) is 2.76. The second-order valence-electron chi connectivity index (χ2n) is 6.73. The molecule has 0 N–H and O–H groups in total. The molecule has 2 aromatic carbocycles. The standard InChI is InChI=1S/C15H18N3.C7H8O3S/c1-17(2)15-6-4-14(5-7-15)16-12-13-8-10-18(3)11-9-13;1-6-2-4-7(5-3-6)11(8,9)10/h4-12H,1-3H3;2-5H,1H3,(H,8,9,10)/q+1;/p-1. The molecule has 0 aliphatic carbocycles. The molecule has 3 rings (SSSR count). The summed E-state index contributed by atoms with van der Waals surface area (Å²) < 4.78 is 33.2. The van der Waals surface area contributed by atoms with Crippen LogP contribution in [-0.4, -0.2) is 33.3 Å². The Hall–Kier alpha value is -3.03. The molecule has 152 valence electrons. The van der Waals surface area contributed by atoms with E-state index in [1.165, 1.54) is 17.8 Å². The lowest BCUT2D eigenvalue weighted by Crippen LogP contribution is -2.25. The zero-order chi connectivity index (χ0) is 21.4.